The normalized spacial score (nSPS) is 12.8. The lowest BCUT2D eigenvalue weighted by molar-refractivity contribution is 0.0171. The highest BCUT2D eigenvalue weighted by Crippen LogP contribution is 2.26. The number of alkyl halides is 2. The van der Waals surface area contributed by atoms with Crippen molar-refractivity contribution in [2.75, 3.05) is 14.1 Å². The number of sulfonamides is 1. The molecule has 2 rings (SSSR count). The van der Waals surface area contributed by atoms with Crippen molar-refractivity contribution < 1.29 is 17.2 Å². The van der Waals surface area contributed by atoms with Gasteiger partial charge in [0, 0.05) is 39.0 Å². The van der Waals surface area contributed by atoms with Crippen molar-refractivity contribution in [3.05, 3.63) is 42.0 Å². The molecule has 0 radical (unpaired) electrons. The number of pyridine rings is 1. The summed E-state index contributed by atoms with van der Waals surface area (Å²) in [4.78, 5) is 4.01. The maximum atomic E-state index is 13.1. The Labute approximate surface area is 127 Å². The Hall–Kier alpha value is -1.87. The predicted octanol–water partition coefficient (Wildman–Crippen LogP) is 1.69. The van der Waals surface area contributed by atoms with Gasteiger partial charge < -0.3 is 0 Å². The van der Waals surface area contributed by atoms with Crippen molar-refractivity contribution in [1.82, 2.24) is 19.1 Å². The summed E-state index contributed by atoms with van der Waals surface area (Å²) in [6.07, 6.45) is 3.72. The van der Waals surface area contributed by atoms with Gasteiger partial charge in [-0.1, -0.05) is 0 Å². The van der Waals surface area contributed by atoms with Crippen molar-refractivity contribution in [2.45, 2.75) is 24.3 Å². The lowest BCUT2D eigenvalue weighted by Crippen LogP contribution is -2.21. The van der Waals surface area contributed by atoms with E-state index in [4.69, 9.17) is 0 Å². The first kappa shape index (κ1) is 16.5. The molecular formula is C13H16F2N4O2S. The molecule has 0 unspecified atom stereocenters. The topological polar surface area (TPSA) is 68.1 Å². The van der Waals surface area contributed by atoms with Gasteiger partial charge in [-0.05, 0) is 12.1 Å². The first-order valence-corrected chi connectivity index (χ1v) is 7.83. The zero-order valence-electron chi connectivity index (χ0n) is 12.4. The van der Waals surface area contributed by atoms with Gasteiger partial charge in [0.15, 0.2) is 0 Å². The van der Waals surface area contributed by atoms with Crippen LogP contribution in [0.1, 0.15) is 18.2 Å². The Morgan fingerprint density at radius 3 is 2.45 bits per heavy atom. The van der Waals surface area contributed by atoms with Gasteiger partial charge >= 0.3 is 0 Å². The molecule has 120 valence electrons. The molecule has 0 N–H and O–H groups in total. The first-order chi connectivity index (χ1) is 10.1. The van der Waals surface area contributed by atoms with Gasteiger partial charge in [0.25, 0.3) is 5.92 Å². The molecule has 0 spiro atoms. The number of aromatic nitrogens is 3. The average molecular weight is 330 g/mol. The molecular weight excluding hydrogens is 314 g/mol. The van der Waals surface area contributed by atoms with Crippen molar-refractivity contribution in [3.63, 3.8) is 0 Å². The SMILES string of the molecule is CN(C)S(=O)(=O)c1cnn(Cc2ccc(C(C)(F)F)cn2)c1. The van der Waals surface area contributed by atoms with Crippen LogP contribution in [0, 0.1) is 0 Å². The lowest BCUT2D eigenvalue weighted by Gasteiger charge is -2.10. The van der Waals surface area contributed by atoms with Crippen LogP contribution in [-0.4, -0.2) is 41.6 Å². The minimum Gasteiger partial charge on any atom is -0.265 e. The second kappa shape index (κ2) is 5.73. The minimum absolute atomic E-state index is 0.0641. The second-order valence-electron chi connectivity index (χ2n) is 5.09. The van der Waals surface area contributed by atoms with E-state index in [1.54, 1.807) is 0 Å². The van der Waals surface area contributed by atoms with Crippen molar-refractivity contribution in [3.8, 4) is 0 Å². The maximum absolute atomic E-state index is 13.1. The fraction of sp³-hybridized carbons (Fsp3) is 0.385. The number of rotatable bonds is 5. The summed E-state index contributed by atoms with van der Waals surface area (Å²) in [6.45, 7) is 0.994. The predicted molar refractivity (Wildman–Crippen MR) is 76.0 cm³/mol. The number of hydrogen-bond donors (Lipinski definition) is 0. The number of halogens is 2. The van der Waals surface area contributed by atoms with Crippen LogP contribution in [0.25, 0.3) is 0 Å². The molecule has 2 aromatic heterocycles. The maximum Gasteiger partial charge on any atom is 0.272 e. The molecule has 2 aromatic rings. The third kappa shape index (κ3) is 3.47. The summed E-state index contributed by atoms with van der Waals surface area (Å²) >= 11 is 0. The highest BCUT2D eigenvalue weighted by atomic mass is 32.2. The van der Waals surface area contributed by atoms with Crippen LogP contribution in [0.15, 0.2) is 35.6 Å². The van der Waals surface area contributed by atoms with E-state index in [-0.39, 0.29) is 17.0 Å². The van der Waals surface area contributed by atoms with Gasteiger partial charge in [-0.2, -0.15) is 5.10 Å². The van der Waals surface area contributed by atoms with Gasteiger partial charge in [-0.15, -0.1) is 0 Å². The van der Waals surface area contributed by atoms with Gasteiger partial charge in [-0.3, -0.25) is 9.67 Å². The summed E-state index contributed by atoms with van der Waals surface area (Å²) in [5.74, 6) is -2.94. The Bertz CT molecular complexity index is 749. The number of hydrogen-bond acceptors (Lipinski definition) is 4. The van der Waals surface area contributed by atoms with E-state index in [1.165, 1.54) is 43.3 Å². The molecule has 0 amide bonds. The van der Waals surface area contributed by atoms with Crippen LogP contribution in [0.5, 0.6) is 0 Å². The van der Waals surface area contributed by atoms with E-state index in [2.05, 4.69) is 10.1 Å². The highest BCUT2D eigenvalue weighted by Gasteiger charge is 2.24. The van der Waals surface area contributed by atoms with Crippen LogP contribution in [0.2, 0.25) is 0 Å². The molecule has 0 fully saturated rings. The molecule has 0 saturated carbocycles. The monoisotopic (exact) mass is 330 g/mol. The van der Waals surface area contributed by atoms with E-state index >= 15 is 0 Å². The van der Waals surface area contributed by atoms with E-state index in [0.29, 0.717) is 5.69 Å². The zero-order chi connectivity index (χ0) is 16.5. The highest BCUT2D eigenvalue weighted by molar-refractivity contribution is 7.89. The largest absolute Gasteiger partial charge is 0.272 e. The fourth-order valence-corrected chi connectivity index (χ4v) is 2.58. The van der Waals surface area contributed by atoms with Crippen LogP contribution in [-0.2, 0) is 22.5 Å². The lowest BCUT2D eigenvalue weighted by atomic mass is 10.1. The minimum atomic E-state index is -3.54. The third-order valence-corrected chi connectivity index (χ3v) is 4.81. The van der Waals surface area contributed by atoms with Crippen LogP contribution in [0.4, 0.5) is 8.78 Å². The molecule has 0 aliphatic carbocycles. The Kier molecular flexibility index (Phi) is 4.30. The Balaban J connectivity index is 2.17. The molecule has 0 bridgehead atoms. The molecule has 0 aliphatic rings. The van der Waals surface area contributed by atoms with Gasteiger partial charge in [0.1, 0.15) is 4.90 Å². The van der Waals surface area contributed by atoms with Crippen molar-refractivity contribution >= 4 is 10.0 Å². The second-order valence-corrected chi connectivity index (χ2v) is 7.24. The molecule has 0 atom stereocenters. The van der Waals surface area contributed by atoms with Crippen LogP contribution < -0.4 is 0 Å². The van der Waals surface area contributed by atoms with Gasteiger partial charge in [0.2, 0.25) is 10.0 Å². The summed E-state index contributed by atoms with van der Waals surface area (Å²) in [5, 5.41) is 3.95. The molecule has 0 aliphatic heterocycles. The molecule has 22 heavy (non-hydrogen) atoms. The Morgan fingerprint density at radius 1 is 1.27 bits per heavy atom. The summed E-state index contributed by atoms with van der Waals surface area (Å²) in [5.41, 5.74) is 0.331. The molecule has 0 saturated heterocycles. The zero-order valence-corrected chi connectivity index (χ0v) is 13.2. The first-order valence-electron chi connectivity index (χ1n) is 6.39. The van der Waals surface area contributed by atoms with E-state index < -0.39 is 15.9 Å². The fourth-order valence-electron chi connectivity index (χ4n) is 1.72. The standard InChI is InChI=1S/C13H16F2N4O2S/c1-13(14,15)10-4-5-11(16-6-10)8-19-9-12(7-17-19)22(20,21)18(2)3/h4-7,9H,8H2,1-3H3. The summed E-state index contributed by atoms with van der Waals surface area (Å²) < 4.78 is 52.5. The molecule has 2 heterocycles. The summed E-state index contributed by atoms with van der Waals surface area (Å²) in [6, 6.07) is 2.76. The van der Waals surface area contributed by atoms with E-state index in [0.717, 1.165) is 17.4 Å². The molecule has 6 nitrogen and oxygen atoms in total. The quantitative estimate of drug-likeness (QED) is 0.837. The van der Waals surface area contributed by atoms with E-state index in [9.17, 15) is 17.2 Å². The van der Waals surface area contributed by atoms with Crippen molar-refractivity contribution in [1.29, 1.82) is 0 Å². The van der Waals surface area contributed by atoms with Gasteiger partial charge in [0.05, 0.1) is 18.4 Å². The smallest absolute Gasteiger partial charge is 0.265 e. The third-order valence-electron chi connectivity index (χ3n) is 3.04. The van der Waals surface area contributed by atoms with Crippen molar-refractivity contribution in [2.24, 2.45) is 0 Å². The average Bonchev–Trinajstić information content (AvgIpc) is 2.87. The summed E-state index contributed by atoms with van der Waals surface area (Å²) in [7, 11) is -0.687. The van der Waals surface area contributed by atoms with E-state index in [1.807, 2.05) is 0 Å². The number of nitrogens with zero attached hydrogens (tertiary/aromatic N) is 4. The molecule has 9 heteroatoms. The van der Waals surface area contributed by atoms with Crippen LogP contribution >= 0.6 is 0 Å². The molecule has 0 aromatic carbocycles. The van der Waals surface area contributed by atoms with Gasteiger partial charge in [-0.25, -0.2) is 21.5 Å². The Morgan fingerprint density at radius 2 is 1.95 bits per heavy atom. The van der Waals surface area contributed by atoms with Crippen LogP contribution in [0.3, 0.4) is 0 Å².